The zero-order valence-corrected chi connectivity index (χ0v) is 11.6. The van der Waals surface area contributed by atoms with E-state index in [0.717, 1.165) is 0 Å². The number of nitrogens with two attached hydrogens (primary N) is 1. The number of rotatable bonds is 5. The van der Waals surface area contributed by atoms with Crippen molar-refractivity contribution in [3.63, 3.8) is 0 Å². The van der Waals surface area contributed by atoms with Gasteiger partial charge in [0.2, 0.25) is 11.8 Å². The minimum atomic E-state index is -0.588. The van der Waals surface area contributed by atoms with E-state index in [9.17, 15) is 14.4 Å². The second-order valence-electron chi connectivity index (χ2n) is 4.34. The van der Waals surface area contributed by atoms with Gasteiger partial charge in [0, 0.05) is 0 Å². The van der Waals surface area contributed by atoms with E-state index >= 15 is 0 Å². The van der Waals surface area contributed by atoms with Crippen LogP contribution in [0.4, 0.5) is 0 Å². The van der Waals surface area contributed by atoms with Crippen molar-refractivity contribution in [2.45, 2.75) is 26.4 Å². The molecular formula is C10H20ClN3O4. The van der Waals surface area contributed by atoms with Gasteiger partial charge in [0.1, 0.15) is 12.1 Å². The van der Waals surface area contributed by atoms with Crippen LogP contribution in [0.1, 0.15) is 20.8 Å². The summed E-state index contributed by atoms with van der Waals surface area (Å²) in [6, 6.07) is 0. The summed E-state index contributed by atoms with van der Waals surface area (Å²) < 4.78 is 4.97. The second-order valence-corrected chi connectivity index (χ2v) is 4.34. The van der Waals surface area contributed by atoms with E-state index in [0.29, 0.717) is 0 Å². The number of halogens is 1. The molecule has 0 aromatic heterocycles. The summed E-state index contributed by atoms with van der Waals surface area (Å²) in [4.78, 5) is 33.1. The quantitative estimate of drug-likeness (QED) is 0.557. The van der Waals surface area contributed by atoms with E-state index in [4.69, 9.17) is 10.5 Å². The number of ether oxygens (including phenoxy) is 1. The predicted octanol–water partition coefficient (Wildman–Crippen LogP) is -1.06. The molecular weight excluding hydrogens is 262 g/mol. The zero-order chi connectivity index (χ0) is 13.5. The molecule has 0 aliphatic rings. The summed E-state index contributed by atoms with van der Waals surface area (Å²) in [5.74, 6) is -1.44. The van der Waals surface area contributed by atoms with Crippen molar-refractivity contribution in [3.05, 3.63) is 0 Å². The topological polar surface area (TPSA) is 111 Å². The first-order valence-electron chi connectivity index (χ1n) is 5.20. The molecule has 0 saturated carbocycles. The third-order valence-corrected chi connectivity index (χ3v) is 1.48. The van der Waals surface area contributed by atoms with Gasteiger partial charge in [-0.15, -0.1) is 12.4 Å². The highest BCUT2D eigenvalue weighted by molar-refractivity contribution is 5.87. The third kappa shape index (κ3) is 11.2. The highest BCUT2D eigenvalue weighted by Crippen LogP contribution is 2.05. The summed E-state index contributed by atoms with van der Waals surface area (Å²) in [7, 11) is 0. The van der Waals surface area contributed by atoms with Gasteiger partial charge in [0.15, 0.2) is 0 Å². The molecule has 0 unspecified atom stereocenters. The van der Waals surface area contributed by atoms with Gasteiger partial charge < -0.3 is 21.1 Å². The molecule has 0 heterocycles. The van der Waals surface area contributed by atoms with Crippen molar-refractivity contribution < 1.29 is 19.1 Å². The lowest BCUT2D eigenvalue weighted by Crippen LogP contribution is -2.42. The van der Waals surface area contributed by atoms with E-state index in [1.165, 1.54) is 0 Å². The minimum Gasteiger partial charge on any atom is -0.459 e. The van der Waals surface area contributed by atoms with Gasteiger partial charge in [-0.05, 0) is 20.8 Å². The highest BCUT2D eigenvalue weighted by atomic mass is 35.5. The van der Waals surface area contributed by atoms with Crippen LogP contribution in [-0.4, -0.2) is 43.0 Å². The molecule has 8 heteroatoms. The summed E-state index contributed by atoms with van der Waals surface area (Å²) in [5.41, 5.74) is 4.44. The van der Waals surface area contributed by atoms with Gasteiger partial charge in [0.25, 0.3) is 0 Å². The third-order valence-electron chi connectivity index (χ3n) is 1.48. The highest BCUT2D eigenvalue weighted by Gasteiger charge is 2.16. The predicted molar refractivity (Wildman–Crippen MR) is 68.2 cm³/mol. The molecule has 0 aliphatic heterocycles. The van der Waals surface area contributed by atoms with Crippen LogP contribution in [0.25, 0.3) is 0 Å². The second kappa shape index (κ2) is 8.71. The summed E-state index contributed by atoms with van der Waals surface area (Å²) in [6.07, 6.45) is 0. The van der Waals surface area contributed by atoms with Crippen molar-refractivity contribution in [2.24, 2.45) is 5.73 Å². The molecule has 0 aromatic carbocycles. The van der Waals surface area contributed by atoms with Crippen molar-refractivity contribution in [1.29, 1.82) is 0 Å². The number of nitrogens with one attached hydrogen (secondary N) is 2. The Kier molecular flexibility index (Phi) is 9.20. The van der Waals surface area contributed by atoms with Crippen LogP contribution >= 0.6 is 12.4 Å². The average molecular weight is 282 g/mol. The Morgan fingerprint density at radius 1 is 1.06 bits per heavy atom. The Morgan fingerprint density at radius 3 is 2.00 bits per heavy atom. The molecule has 2 amide bonds. The average Bonchev–Trinajstić information content (AvgIpc) is 2.20. The molecule has 4 N–H and O–H groups in total. The molecule has 0 atom stereocenters. The minimum absolute atomic E-state index is 0. The first-order valence-corrected chi connectivity index (χ1v) is 5.20. The van der Waals surface area contributed by atoms with Gasteiger partial charge in [-0.1, -0.05) is 0 Å². The molecule has 0 bridgehead atoms. The molecule has 0 aromatic rings. The van der Waals surface area contributed by atoms with Gasteiger partial charge >= 0.3 is 5.97 Å². The molecule has 0 saturated heterocycles. The van der Waals surface area contributed by atoms with Crippen LogP contribution in [0.2, 0.25) is 0 Å². The maximum Gasteiger partial charge on any atom is 0.325 e. The van der Waals surface area contributed by atoms with Crippen LogP contribution in [-0.2, 0) is 19.1 Å². The van der Waals surface area contributed by atoms with E-state index in [1.54, 1.807) is 20.8 Å². The molecule has 0 spiro atoms. The fourth-order valence-electron chi connectivity index (χ4n) is 0.862. The van der Waals surface area contributed by atoms with Crippen LogP contribution in [0.15, 0.2) is 0 Å². The van der Waals surface area contributed by atoms with E-state index in [-0.39, 0.29) is 32.0 Å². The van der Waals surface area contributed by atoms with Crippen LogP contribution in [0.5, 0.6) is 0 Å². The molecule has 0 rings (SSSR count). The molecule has 18 heavy (non-hydrogen) atoms. The number of esters is 1. The van der Waals surface area contributed by atoms with Crippen molar-refractivity contribution in [1.82, 2.24) is 10.6 Å². The Hall–Kier alpha value is -1.34. The molecule has 0 aliphatic carbocycles. The van der Waals surface area contributed by atoms with Gasteiger partial charge in [-0.25, -0.2) is 0 Å². The van der Waals surface area contributed by atoms with Gasteiger partial charge in [-0.2, -0.15) is 0 Å². The number of hydrogen-bond acceptors (Lipinski definition) is 5. The van der Waals surface area contributed by atoms with Crippen molar-refractivity contribution in [3.8, 4) is 0 Å². The molecule has 0 radical (unpaired) electrons. The first kappa shape index (κ1) is 19.0. The Morgan fingerprint density at radius 2 is 1.56 bits per heavy atom. The lowest BCUT2D eigenvalue weighted by Gasteiger charge is -2.19. The smallest absolute Gasteiger partial charge is 0.325 e. The Balaban J connectivity index is 0. The van der Waals surface area contributed by atoms with Gasteiger partial charge in [-0.3, -0.25) is 14.4 Å². The summed E-state index contributed by atoms with van der Waals surface area (Å²) >= 11 is 0. The first-order chi connectivity index (χ1) is 7.74. The lowest BCUT2D eigenvalue weighted by atomic mass is 10.2. The Bertz CT molecular complexity index is 302. The molecule has 106 valence electrons. The van der Waals surface area contributed by atoms with Crippen LogP contribution < -0.4 is 16.4 Å². The van der Waals surface area contributed by atoms with E-state index in [1.807, 2.05) is 0 Å². The van der Waals surface area contributed by atoms with E-state index < -0.39 is 23.4 Å². The largest absolute Gasteiger partial charge is 0.459 e. The van der Waals surface area contributed by atoms with Gasteiger partial charge in [0.05, 0.1) is 13.1 Å². The fourth-order valence-corrected chi connectivity index (χ4v) is 0.862. The number of hydrogen-bond donors (Lipinski definition) is 3. The van der Waals surface area contributed by atoms with Crippen LogP contribution in [0, 0.1) is 0 Å². The van der Waals surface area contributed by atoms with Crippen molar-refractivity contribution >= 4 is 30.2 Å². The monoisotopic (exact) mass is 281 g/mol. The van der Waals surface area contributed by atoms with Crippen LogP contribution in [0.3, 0.4) is 0 Å². The molecule has 0 fully saturated rings. The summed E-state index contributed by atoms with van der Waals surface area (Å²) in [5, 5.41) is 4.59. The maximum absolute atomic E-state index is 11.2. The number of carbonyl (C=O) groups excluding carboxylic acids is 3. The zero-order valence-electron chi connectivity index (χ0n) is 10.7. The fraction of sp³-hybridized carbons (Fsp3) is 0.700. The summed E-state index contributed by atoms with van der Waals surface area (Å²) in [6.45, 7) is 4.57. The maximum atomic E-state index is 11.2. The van der Waals surface area contributed by atoms with E-state index in [2.05, 4.69) is 10.6 Å². The number of carbonyl (C=O) groups is 3. The standard InChI is InChI=1S/C10H19N3O4.ClH/c1-10(2,3)17-9(16)6-13-8(15)5-12-7(14)4-11;/h4-6,11H2,1-3H3,(H,12,14)(H,13,15);1H. The Labute approximate surface area is 112 Å². The lowest BCUT2D eigenvalue weighted by molar-refractivity contribution is -0.154. The normalized spacial score (nSPS) is 10.0. The number of amides is 2. The SMILES string of the molecule is CC(C)(C)OC(=O)CNC(=O)CNC(=O)CN.Cl. The molecule has 7 nitrogen and oxygen atoms in total. The van der Waals surface area contributed by atoms with Crippen molar-refractivity contribution in [2.75, 3.05) is 19.6 Å².